The van der Waals surface area contributed by atoms with Crippen LogP contribution in [0, 0.1) is 0 Å². The van der Waals surface area contributed by atoms with Crippen LogP contribution in [0.15, 0.2) is 0 Å². The van der Waals surface area contributed by atoms with Gasteiger partial charge in [0.2, 0.25) is 0 Å². The lowest BCUT2D eigenvalue weighted by atomic mass is 9.89. The van der Waals surface area contributed by atoms with Crippen molar-refractivity contribution in [2.24, 2.45) is 0 Å². The smallest absolute Gasteiger partial charge is 0.410 e. The first kappa shape index (κ1) is 16.6. The number of carbonyl (C=O) groups is 1. The van der Waals surface area contributed by atoms with E-state index in [9.17, 15) is 4.79 Å². The van der Waals surface area contributed by atoms with Gasteiger partial charge in [-0.05, 0) is 46.5 Å². The van der Waals surface area contributed by atoms with Crippen molar-refractivity contribution in [2.75, 3.05) is 13.2 Å². The van der Waals surface area contributed by atoms with Gasteiger partial charge in [-0.1, -0.05) is 12.8 Å². The van der Waals surface area contributed by atoms with Gasteiger partial charge in [-0.25, -0.2) is 4.79 Å². The molecule has 2 N–H and O–H groups in total. The van der Waals surface area contributed by atoms with Crippen LogP contribution in [0.3, 0.4) is 0 Å². The molecule has 0 aromatic heterocycles. The molecule has 0 bridgehead atoms. The molecule has 2 aliphatic carbocycles. The molecule has 2 rings (SSSR count). The molecule has 0 aromatic carbocycles. The Hall–Kier alpha value is -0.810. The van der Waals surface area contributed by atoms with Gasteiger partial charge in [0, 0.05) is 18.6 Å². The van der Waals surface area contributed by atoms with Crippen molar-refractivity contribution in [1.29, 1.82) is 0 Å². The summed E-state index contributed by atoms with van der Waals surface area (Å²) < 4.78 is 5.62. The number of rotatable bonds is 5. The number of carbonyl (C=O) groups excluding carboxylic acids is 1. The Bertz CT molecular complexity index is 350. The molecule has 0 aromatic rings. The van der Waals surface area contributed by atoms with Gasteiger partial charge in [0.1, 0.15) is 5.60 Å². The second kappa shape index (κ2) is 6.97. The van der Waals surface area contributed by atoms with E-state index in [4.69, 9.17) is 9.84 Å². The molecular formula is C16H30N2O3. The molecule has 2 saturated carbocycles. The number of ether oxygens (including phenoxy) is 1. The SMILES string of the molecule is CC(C)(C)OC(=O)N(C1CC1)C1CCCCC1NCCO. The molecule has 0 spiro atoms. The standard InChI is InChI=1S/C16H30N2O3/c1-16(2,3)21-15(20)18(12-8-9-12)14-7-5-4-6-13(14)17-10-11-19/h12-14,17,19H,4-11H2,1-3H3. The minimum Gasteiger partial charge on any atom is -0.444 e. The summed E-state index contributed by atoms with van der Waals surface area (Å²) in [5.41, 5.74) is -0.451. The lowest BCUT2D eigenvalue weighted by molar-refractivity contribution is 0.00500. The van der Waals surface area contributed by atoms with Crippen molar-refractivity contribution in [3.05, 3.63) is 0 Å². The van der Waals surface area contributed by atoms with Crippen LogP contribution in [0.2, 0.25) is 0 Å². The zero-order valence-electron chi connectivity index (χ0n) is 13.6. The van der Waals surface area contributed by atoms with Crippen molar-refractivity contribution in [3.63, 3.8) is 0 Å². The molecule has 2 fully saturated rings. The Balaban J connectivity index is 2.06. The van der Waals surface area contributed by atoms with Crippen LogP contribution in [-0.2, 0) is 4.74 Å². The van der Waals surface area contributed by atoms with Gasteiger partial charge in [-0.2, -0.15) is 0 Å². The highest BCUT2D eigenvalue weighted by Crippen LogP contribution is 2.35. The summed E-state index contributed by atoms with van der Waals surface area (Å²) in [6.07, 6.45) is 6.44. The van der Waals surface area contributed by atoms with Crippen molar-refractivity contribution in [1.82, 2.24) is 10.2 Å². The third kappa shape index (κ3) is 4.85. The van der Waals surface area contributed by atoms with Gasteiger partial charge < -0.3 is 20.1 Å². The van der Waals surface area contributed by atoms with Crippen molar-refractivity contribution in [3.8, 4) is 0 Å². The average Bonchev–Trinajstić information content (AvgIpc) is 3.20. The minimum atomic E-state index is -0.451. The van der Waals surface area contributed by atoms with Gasteiger partial charge in [-0.15, -0.1) is 0 Å². The molecule has 0 radical (unpaired) electrons. The van der Waals surface area contributed by atoms with Gasteiger partial charge in [0.25, 0.3) is 0 Å². The van der Waals surface area contributed by atoms with Gasteiger partial charge in [0.15, 0.2) is 0 Å². The predicted molar refractivity (Wildman–Crippen MR) is 82.2 cm³/mol. The van der Waals surface area contributed by atoms with Gasteiger partial charge in [-0.3, -0.25) is 0 Å². The Morgan fingerprint density at radius 3 is 2.48 bits per heavy atom. The van der Waals surface area contributed by atoms with E-state index in [0.717, 1.165) is 32.1 Å². The summed E-state index contributed by atoms with van der Waals surface area (Å²) in [5, 5.41) is 12.4. The predicted octanol–water partition coefficient (Wildman–Crippen LogP) is 2.28. The normalized spacial score (nSPS) is 26.5. The Labute approximate surface area is 128 Å². The molecule has 21 heavy (non-hydrogen) atoms. The fraction of sp³-hybridized carbons (Fsp3) is 0.938. The second-order valence-electron chi connectivity index (χ2n) is 7.25. The van der Waals surface area contributed by atoms with Crippen LogP contribution in [-0.4, -0.2) is 53.0 Å². The van der Waals surface area contributed by atoms with E-state index in [-0.39, 0.29) is 24.8 Å². The average molecular weight is 298 g/mol. The molecule has 0 heterocycles. The summed E-state index contributed by atoms with van der Waals surface area (Å²) in [4.78, 5) is 14.6. The second-order valence-corrected chi connectivity index (χ2v) is 7.25. The lowest BCUT2D eigenvalue weighted by Crippen LogP contribution is -2.55. The van der Waals surface area contributed by atoms with Crippen LogP contribution in [0.4, 0.5) is 4.79 Å². The number of hydrogen-bond acceptors (Lipinski definition) is 4. The van der Waals surface area contributed by atoms with E-state index in [2.05, 4.69) is 5.32 Å². The Morgan fingerprint density at radius 1 is 1.24 bits per heavy atom. The molecular weight excluding hydrogens is 268 g/mol. The van der Waals surface area contributed by atoms with Gasteiger partial charge in [0.05, 0.1) is 12.6 Å². The molecule has 1 amide bonds. The fourth-order valence-electron chi connectivity index (χ4n) is 3.15. The first-order valence-electron chi connectivity index (χ1n) is 8.28. The summed E-state index contributed by atoms with van der Waals surface area (Å²) in [5.74, 6) is 0. The maximum absolute atomic E-state index is 12.6. The highest BCUT2D eigenvalue weighted by atomic mass is 16.6. The van der Waals surface area contributed by atoms with Gasteiger partial charge >= 0.3 is 6.09 Å². The van der Waals surface area contributed by atoms with Crippen LogP contribution in [0.5, 0.6) is 0 Å². The quantitative estimate of drug-likeness (QED) is 0.817. The van der Waals surface area contributed by atoms with Crippen LogP contribution in [0.1, 0.15) is 59.3 Å². The van der Waals surface area contributed by atoms with E-state index < -0.39 is 5.60 Å². The number of amides is 1. The molecule has 0 saturated heterocycles. The number of hydrogen-bond donors (Lipinski definition) is 2. The minimum absolute atomic E-state index is 0.138. The number of aliphatic hydroxyl groups excluding tert-OH is 1. The highest BCUT2D eigenvalue weighted by molar-refractivity contribution is 5.69. The number of nitrogens with zero attached hydrogens (tertiary/aromatic N) is 1. The third-order valence-corrected chi connectivity index (χ3v) is 4.15. The first-order chi connectivity index (χ1) is 9.92. The molecule has 2 aliphatic rings. The number of aliphatic hydroxyl groups is 1. The first-order valence-corrected chi connectivity index (χ1v) is 8.28. The van der Waals surface area contributed by atoms with E-state index in [1.54, 1.807) is 0 Å². The van der Waals surface area contributed by atoms with E-state index >= 15 is 0 Å². The highest BCUT2D eigenvalue weighted by Gasteiger charge is 2.43. The monoisotopic (exact) mass is 298 g/mol. The Morgan fingerprint density at radius 2 is 1.90 bits per heavy atom. The lowest BCUT2D eigenvalue weighted by Gasteiger charge is -2.41. The van der Waals surface area contributed by atoms with Crippen LogP contribution < -0.4 is 5.32 Å². The van der Waals surface area contributed by atoms with Crippen molar-refractivity contribution >= 4 is 6.09 Å². The molecule has 2 unspecified atom stereocenters. The van der Waals surface area contributed by atoms with Crippen LogP contribution >= 0.6 is 0 Å². The molecule has 2 atom stereocenters. The van der Waals surface area contributed by atoms with E-state index in [0.29, 0.717) is 12.6 Å². The molecule has 5 nitrogen and oxygen atoms in total. The molecule has 122 valence electrons. The largest absolute Gasteiger partial charge is 0.444 e. The summed E-state index contributed by atoms with van der Waals surface area (Å²) >= 11 is 0. The van der Waals surface area contributed by atoms with Crippen molar-refractivity contribution in [2.45, 2.75) is 83.0 Å². The molecule has 0 aliphatic heterocycles. The van der Waals surface area contributed by atoms with E-state index in [1.807, 2.05) is 25.7 Å². The zero-order valence-corrected chi connectivity index (χ0v) is 13.6. The maximum atomic E-state index is 12.6. The topological polar surface area (TPSA) is 61.8 Å². The molecule has 5 heteroatoms. The maximum Gasteiger partial charge on any atom is 0.410 e. The summed E-state index contributed by atoms with van der Waals surface area (Å²) in [6, 6.07) is 0.827. The van der Waals surface area contributed by atoms with Crippen LogP contribution in [0.25, 0.3) is 0 Å². The Kier molecular flexibility index (Phi) is 5.49. The number of nitrogens with one attached hydrogen (secondary N) is 1. The fourth-order valence-corrected chi connectivity index (χ4v) is 3.15. The van der Waals surface area contributed by atoms with Crippen molar-refractivity contribution < 1.29 is 14.6 Å². The van der Waals surface area contributed by atoms with E-state index in [1.165, 1.54) is 6.42 Å². The summed E-state index contributed by atoms with van der Waals surface area (Å²) in [7, 11) is 0. The third-order valence-electron chi connectivity index (χ3n) is 4.15. The summed E-state index contributed by atoms with van der Waals surface area (Å²) in [6.45, 7) is 6.47. The zero-order chi connectivity index (χ0) is 15.5.